The second kappa shape index (κ2) is 6.62. The first kappa shape index (κ1) is 16.5. The van der Waals surface area contributed by atoms with Crippen LogP contribution in [-0.2, 0) is 6.54 Å². The van der Waals surface area contributed by atoms with Gasteiger partial charge in [0.05, 0.1) is 24.4 Å². The standard InChI is InChI=1S/C16H11N3O5S/c1-3-9-18-14-10(23-2)5-4-6-12(14)25-16(18)17-15(20)11-7-8-13(24-11)19(21)22/h1,4-8H,9H2,2H3. The zero-order chi connectivity index (χ0) is 18.0. The lowest BCUT2D eigenvalue weighted by molar-refractivity contribution is -0.402. The Balaban J connectivity index is 2.15. The highest BCUT2D eigenvalue weighted by atomic mass is 32.1. The molecular weight excluding hydrogens is 346 g/mol. The first-order valence-electron chi connectivity index (χ1n) is 6.98. The minimum Gasteiger partial charge on any atom is -0.495 e. The molecule has 8 nitrogen and oxygen atoms in total. The molecule has 0 saturated heterocycles. The van der Waals surface area contributed by atoms with Crippen LogP contribution in [-0.4, -0.2) is 22.5 Å². The van der Waals surface area contributed by atoms with E-state index in [4.69, 9.17) is 15.6 Å². The van der Waals surface area contributed by atoms with Gasteiger partial charge in [0.1, 0.15) is 16.2 Å². The van der Waals surface area contributed by atoms with E-state index in [0.717, 1.165) is 16.3 Å². The Morgan fingerprint density at radius 2 is 2.28 bits per heavy atom. The van der Waals surface area contributed by atoms with E-state index in [9.17, 15) is 14.9 Å². The van der Waals surface area contributed by atoms with Crippen molar-refractivity contribution in [3.8, 4) is 18.1 Å². The van der Waals surface area contributed by atoms with E-state index in [1.807, 2.05) is 12.1 Å². The summed E-state index contributed by atoms with van der Waals surface area (Å²) in [7, 11) is 1.54. The van der Waals surface area contributed by atoms with E-state index in [2.05, 4.69) is 10.9 Å². The molecule has 1 amide bonds. The van der Waals surface area contributed by atoms with Crippen LogP contribution in [0.4, 0.5) is 5.88 Å². The molecule has 3 aromatic rings. The molecular formula is C16H11N3O5S. The van der Waals surface area contributed by atoms with Crippen LogP contribution in [0.15, 0.2) is 39.7 Å². The Morgan fingerprint density at radius 3 is 2.92 bits per heavy atom. The van der Waals surface area contributed by atoms with E-state index in [0.29, 0.717) is 10.6 Å². The summed E-state index contributed by atoms with van der Waals surface area (Å²) in [5, 5.41) is 10.7. The maximum atomic E-state index is 12.3. The molecule has 0 unspecified atom stereocenters. The third-order valence-corrected chi connectivity index (χ3v) is 4.36. The Kier molecular flexibility index (Phi) is 4.36. The van der Waals surface area contributed by atoms with Crippen molar-refractivity contribution in [1.82, 2.24) is 4.57 Å². The first-order chi connectivity index (χ1) is 12.0. The van der Waals surface area contributed by atoms with Crippen LogP contribution in [0.5, 0.6) is 5.75 Å². The molecule has 0 N–H and O–H groups in total. The summed E-state index contributed by atoms with van der Waals surface area (Å²) in [6.45, 7) is 0.185. The molecule has 3 rings (SSSR count). The van der Waals surface area contributed by atoms with E-state index in [1.165, 1.54) is 24.5 Å². The summed E-state index contributed by atoms with van der Waals surface area (Å²) in [5.74, 6) is 1.65. The normalized spacial score (nSPS) is 11.4. The molecule has 0 aliphatic heterocycles. The number of terminal acetylenes is 1. The molecule has 0 fully saturated rings. The van der Waals surface area contributed by atoms with E-state index >= 15 is 0 Å². The van der Waals surface area contributed by atoms with Gasteiger partial charge in [-0.05, 0) is 18.2 Å². The highest BCUT2D eigenvalue weighted by molar-refractivity contribution is 7.16. The summed E-state index contributed by atoms with van der Waals surface area (Å²) in [6, 6.07) is 7.77. The fraction of sp³-hybridized carbons (Fsp3) is 0.125. The smallest absolute Gasteiger partial charge is 0.433 e. The van der Waals surface area contributed by atoms with Crippen molar-refractivity contribution in [3.63, 3.8) is 0 Å². The van der Waals surface area contributed by atoms with Crippen molar-refractivity contribution < 1.29 is 18.9 Å². The number of hydrogen-bond donors (Lipinski definition) is 0. The van der Waals surface area contributed by atoms with Gasteiger partial charge in [0.2, 0.25) is 5.76 Å². The Hall–Kier alpha value is -3.38. The maximum Gasteiger partial charge on any atom is 0.433 e. The number of nitro groups is 1. The fourth-order valence-electron chi connectivity index (χ4n) is 2.27. The SMILES string of the molecule is C#CCn1c(=NC(=O)c2ccc([N+](=O)[O-])o2)sc2cccc(OC)c21. The molecule has 0 atom stereocenters. The number of furan rings is 1. The number of fused-ring (bicyclic) bond motifs is 1. The van der Waals surface area contributed by atoms with Gasteiger partial charge in [-0.15, -0.1) is 6.42 Å². The number of hydrogen-bond acceptors (Lipinski definition) is 6. The van der Waals surface area contributed by atoms with Crippen LogP contribution in [0.1, 0.15) is 10.6 Å². The summed E-state index contributed by atoms with van der Waals surface area (Å²) in [5.41, 5.74) is 0.727. The quantitative estimate of drug-likeness (QED) is 0.406. The van der Waals surface area contributed by atoms with Crippen LogP contribution >= 0.6 is 11.3 Å². The average Bonchev–Trinajstić information content (AvgIpc) is 3.21. The molecule has 0 spiro atoms. The number of rotatable bonds is 4. The summed E-state index contributed by atoms with van der Waals surface area (Å²) < 4.78 is 12.7. The van der Waals surface area contributed by atoms with Crippen LogP contribution < -0.4 is 9.54 Å². The van der Waals surface area contributed by atoms with Crippen LogP contribution in [0.3, 0.4) is 0 Å². The largest absolute Gasteiger partial charge is 0.495 e. The van der Waals surface area contributed by atoms with Crippen molar-refractivity contribution in [2.45, 2.75) is 6.54 Å². The molecule has 9 heteroatoms. The minimum atomic E-state index is -0.732. The molecule has 0 radical (unpaired) electrons. The van der Waals surface area contributed by atoms with Gasteiger partial charge < -0.3 is 13.7 Å². The third-order valence-electron chi connectivity index (χ3n) is 3.31. The van der Waals surface area contributed by atoms with Gasteiger partial charge >= 0.3 is 11.8 Å². The molecule has 2 heterocycles. The fourth-order valence-corrected chi connectivity index (χ4v) is 3.31. The Labute approximate surface area is 145 Å². The van der Waals surface area contributed by atoms with Crippen LogP contribution in [0.2, 0.25) is 0 Å². The predicted molar refractivity (Wildman–Crippen MR) is 90.5 cm³/mol. The van der Waals surface area contributed by atoms with E-state index in [1.54, 1.807) is 10.6 Å². The Bertz CT molecular complexity index is 1080. The van der Waals surface area contributed by atoms with Gasteiger partial charge in [0, 0.05) is 0 Å². The molecule has 0 saturated carbocycles. The second-order valence-corrected chi connectivity index (χ2v) is 5.80. The number of thiazole rings is 1. The van der Waals surface area contributed by atoms with Gasteiger partial charge in [0.15, 0.2) is 4.80 Å². The number of nitrogens with zero attached hydrogens (tertiary/aromatic N) is 3. The third kappa shape index (κ3) is 3.02. The number of amides is 1. The predicted octanol–water partition coefficient (Wildman–Crippen LogP) is 2.59. The highest BCUT2D eigenvalue weighted by Gasteiger charge is 2.18. The van der Waals surface area contributed by atoms with Gasteiger partial charge in [0.25, 0.3) is 0 Å². The average molecular weight is 357 g/mol. The number of aromatic nitrogens is 1. The van der Waals surface area contributed by atoms with Gasteiger partial charge in [-0.25, -0.2) is 0 Å². The molecule has 0 aliphatic carbocycles. The number of carbonyl (C=O) groups is 1. The monoisotopic (exact) mass is 357 g/mol. The number of para-hydroxylation sites is 1. The van der Waals surface area contributed by atoms with Crippen molar-refractivity contribution in [2.75, 3.05) is 7.11 Å². The van der Waals surface area contributed by atoms with Crippen molar-refractivity contribution in [3.05, 3.63) is 51.0 Å². The summed E-state index contributed by atoms with van der Waals surface area (Å²) in [6.07, 6.45) is 5.42. The lowest BCUT2D eigenvalue weighted by Crippen LogP contribution is -2.16. The Morgan fingerprint density at radius 1 is 1.48 bits per heavy atom. The van der Waals surface area contributed by atoms with Gasteiger partial charge in [-0.3, -0.25) is 14.9 Å². The zero-order valence-electron chi connectivity index (χ0n) is 13.0. The number of carbonyl (C=O) groups excluding carboxylic acids is 1. The molecule has 1 aromatic carbocycles. The van der Waals surface area contributed by atoms with Gasteiger partial charge in [-0.2, -0.15) is 4.99 Å². The molecule has 0 bridgehead atoms. The van der Waals surface area contributed by atoms with E-state index in [-0.39, 0.29) is 12.3 Å². The van der Waals surface area contributed by atoms with Gasteiger partial charge in [-0.1, -0.05) is 23.3 Å². The summed E-state index contributed by atoms with van der Waals surface area (Å²) >= 11 is 1.25. The minimum absolute atomic E-state index is 0.185. The first-order valence-corrected chi connectivity index (χ1v) is 7.80. The lowest BCUT2D eigenvalue weighted by atomic mass is 10.3. The van der Waals surface area contributed by atoms with Crippen LogP contribution in [0, 0.1) is 22.5 Å². The highest BCUT2D eigenvalue weighted by Crippen LogP contribution is 2.27. The number of methoxy groups -OCH3 is 1. The van der Waals surface area contributed by atoms with Crippen molar-refractivity contribution >= 4 is 33.3 Å². The summed E-state index contributed by atoms with van der Waals surface area (Å²) in [4.78, 5) is 26.6. The molecule has 126 valence electrons. The molecule has 0 aliphatic rings. The second-order valence-electron chi connectivity index (χ2n) is 4.79. The zero-order valence-corrected chi connectivity index (χ0v) is 13.8. The van der Waals surface area contributed by atoms with Crippen molar-refractivity contribution in [1.29, 1.82) is 0 Å². The lowest BCUT2D eigenvalue weighted by Gasteiger charge is -2.05. The topological polar surface area (TPSA) is 99.9 Å². The van der Waals surface area contributed by atoms with E-state index < -0.39 is 16.7 Å². The molecule has 2 aromatic heterocycles. The maximum absolute atomic E-state index is 12.3. The molecule has 25 heavy (non-hydrogen) atoms. The van der Waals surface area contributed by atoms with Crippen molar-refractivity contribution in [2.24, 2.45) is 4.99 Å². The number of ether oxygens (including phenoxy) is 1. The van der Waals surface area contributed by atoms with Crippen LogP contribution in [0.25, 0.3) is 10.2 Å². The number of benzene rings is 1.